The molecule has 0 aromatic carbocycles. The Bertz CT molecular complexity index is 1230. The van der Waals surface area contributed by atoms with Gasteiger partial charge in [-0.15, -0.1) is 10.2 Å². The van der Waals surface area contributed by atoms with Crippen molar-refractivity contribution in [1.82, 2.24) is 19.6 Å². The fourth-order valence-electron chi connectivity index (χ4n) is 4.75. The van der Waals surface area contributed by atoms with Crippen molar-refractivity contribution in [3.63, 3.8) is 0 Å². The van der Waals surface area contributed by atoms with Crippen molar-refractivity contribution < 1.29 is 9.53 Å². The molecule has 10 nitrogen and oxygen atoms in total. The maximum atomic E-state index is 12.5. The lowest BCUT2D eigenvalue weighted by Crippen LogP contribution is -2.51. The zero-order valence-electron chi connectivity index (χ0n) is 18.1. The summed E-state index contributed by atoms with van der Waals surface area (Å²) in [6.45, 7) is 4.26. The summed E-state index contributed by atoms with van der Waals surface area (Å²) in [5, 5.41) is 8.70. The molecule has 1 amide bonds. The van der Waals surface area contributed by atoms with E-state index in [4.69, 9.17) is 33.5 Å². The third-order valence-electron chi connectivity index (χ3n) is 6.80. The number of halogens is 1. The van der Waals surface area contributed by atoms with Gasteiger partial charge >= 0.3 is 0 Å². The minimum Gasteiger partial charge on any atom is -0.382 e. The van der Waals surface area contributed by atoms with E-state index >= 15 is 0 Å². The van der Waals surface area contributed by atoms with E-state index in [1.54, 1.807) is 24.7 Å². The van der Waals surface area contributed by atoms with Crippen molar-refractivity contribution in [2.45, 2.75) is 41.7 Å². The number of carbonyl (C=O) groups excluding carboxylic acids is 1. The predicted molar refractivity (Wildman–Crippen MR) is 127 cm³/mol. The van der Waals surface area contributed by atoms with Crippen molar-refractivity contribution in [2.75, 3.05) is 30.3 Å². The van der Waals surface area contributed by atoms with E-state index in [0.717, 1.165) is 31.7 Å². The van der Waals surface area contributed by atoms with Crippen LogP contribution in [-0.2, 0) is 4.74 Å². The maximum Gasteiger partial charge on any atom is 0.250 e. The van der Waals surface area contributed by atoms with E-state index in [0.29, 0.717) is 32.6 Å². The summed E-state index contributed by atoms with van der Waals surface area (Å²) in [7, 11) is 0. The quantitative estimate of drug-likeness (QED) is 0.500. The Labute approximate surface area is 199 Å². The van der Waals surface area contributed by atoms with Gasteiger partial charge in [0.15, 0.2) is 5.65 Å². The van der Waals surface area contributed by atoms with Gasteiger partial charge in [0, 0.05) is 35.6 Å². The Kier molecular flexibility index (Phi) is 5.60. The first kappa shape index (κ1) is 22.2. The van der Waals surface area contributed by atoms with E-state index < -0.39 is 5.91 Å². The molecule has 2 saturated heterocycles. The van der Waals surface area contributed by atoms with Crippen LogP contribution in [0, 0.1) is 5.41 Å². The molecule has 0 aliphatic carbocycles. The molecular formula is C21H25ClN8O2S. The average Bonchev–Trinajstić information content (AvgIpc) is 3.39. The lowest BCUT2D eigenvalue weighted by atomic mass is 9.73. The second-order valence-corrected chi connectivity index (χ2v) is 10.1. The molecule has 3 aromatic rings. The summed E-state index contributed by atoms with van der Waals surface area (Å²) < 4.78 is 7.72. The highest BCUT2D eigenvalue weighted by Crippen LogP contribution is 2.43. The van der Waals surface area contributed by atoms with Crippen LogP contribution >= 0.6 is 23.4 Å². The lowest BCUT2D eigenvalue weighted by Gasteiger charge is -2.42. The van der Waals surface area contributed by atoms with Gasteiger partial charge in [0.1, 0.15) is 18.0 Å². The predicted octanol–water partition coefficient (Wildman–Crippen LogP) is 1.94. The molecule has 5 rings (SSSR count). The Morgan fingerprint density at radius 3 is 2.79 bits per heavy atom. The zero-order chi connectivity index (χ0) is 23.3. The van der Waals surface area contributed by atoms with Crippen LogP contribution in [0.2, 0.25) is 5.02 Å². The summed E-state index contributed by atoms with van der Waals surface area (Å²) in [6.07, 6.45) is 5.06. The number of hydrogen-bond donors (Lipinski definition) is 3. The number of piperidine rings is 1. The van der Waals surface area contributed by atoms with Crippen molar-refractivity contribution >= 4 is 46.6 Å². The van der Waals surface area contributed by atoms with Gasteiger partial charge in [0.2, 0.25) is 5.91 Å². The molecule has 2 fully saturated rings. The number of rotatable bonds is 4. The number of carbonyl (C=O) groups is 1. The van der Waals surface area contributed by atoms with Crippen LogP contribution in [-0.4, -0.2) is 57.3 Å². The topological polar surface area (TPSA) is 151 Å². The van der Waals surface area contributed by atoms with E-state index in [1.807, 2.05) is 11.3 Å². The molecule has 12 heteroatoms. The molecule has 2 aliphatic rings. The van der Waals surface area contributed by atoms with Crippen molar-refractivity contribution in [2.24, 2.45) is 16.9 Å². The van der Waals surface area contributed by atoms with Gasteiger partial charge in [-0.25, -0.2) is 4.98 Å². The van der Waals surface area contributed by atoms with E-state index in [9.17, 15) is 4.79 Å². The third-order valence-corrected chi connectivity index (χ3v) is 8.48. The average molecular weight is 489 g/mol. The largest absolute Gasteiger partial charge is 0.382 e. The van der Waals surface area contributed by atoms with Crippen LogP contribution in [0.4, 0.5) is 11.6 Å². The van der Waals surface area contributed by atoms with Crippen LogP contribution in [0.25, 0.3) is 5.65 Å². The molecule has 0 radical (unpaired) electrons. The molecule has 33 heavy (non-hydrogen) atoms. The number of hydrogen-bond acceptors (Lipinski definition) is 9. The molecule has 2 aliphatic heterocycles. The monoisotopic (exact) mass is 488 g/mol. The number of ether oxygens (including phenoxy) is 1. The van der Waals surface area contributed by atoms with Gasteiger partial charge in [-0.2, -0.15) is 0 Å². The van der Waals surface area contributed by atoms with Gasteiger partial charge in [-0.1, -0.05) is 23.4 Å². The number of nitrogens with zero attached hydrogens (tertiary/aromatic N) is 5. The SMILES string of the molecule is CC1OCC2(CCN(c3cc(C(N)=O)c(Sc4ccnc(N)c4Cl)c4nncn34)CC2)[C@@H]1N. The summed E-state index contributed by atoms with van der Waals surface area (Å²) in [4.78, 5) is 19.9. The van der Waals surface area contributed by atoms with Crippen molar-refractivity contribution in [3.05, 3.63) is 35.2 Å². The minimum absolute atomic E-state index is 0.0114. The van der Waals surface area contributed by atoms with Gasteiger partial charge in [-0.3, -0.25) is 9.20 Å². The molecule has 3 aromatic heterocycles. The van der Waals surface area contributed by atoms with Gasteiger partial charge in [0.25, 0.3) is 0 Å². The van der Waals surface area contributed by atoms with E-state index in [-0.39, 0.29) is 23.4 Å². The zero-order valence-corrected chi connectivity index (χ0v) is 19.6. The number of nitrogen functional groups attached to an aromatic ring is 1. The highest BCUT2D eigenvalue weighted by Gasteiger charge is 2.47. The smallest absolute Gasteiger partial charge is 0.250 e. The summed E-state index contributed by atoms with van der Waals surface area (Å²) in [5.74, 6) is 0.460. The van der Waals surface area contributed by atoms with Crippen LogP contribution in [0.1, 0.15) is 30.1 Å². The number of nitrogens with two attached hydrogens (primary N) is 3. The Morgan fingerprint density at radius 1 is 1.36 bits per heavy atom. The first-order valence-electron chi connectivity index (χ1n) is 10.7. The fourth-order valence-corrected chi connectivity index (χ4v) is 6.02. The van der Waals surface area contributed by atoms with Crippen LogP contribution < -0.4 is 22.1 Å². The van der Waals surface area contributed by atoms with Gasteiger partial charge in [-0.05, 0) is 31.9 Å². The number of pyridine rings is 2. The molecule has 0 saturated carbocycles. The standard InChI is InChI=1S/C21H25ClN8O2S/c1-11-17(23)21(9-32-11)3-6-29(7-4-21)14-8-12(19(25)31)16(20-28-27-10-30(14)20)33-13-2-5-26-18(24)15(13)22/h2,5,8,10-11,17H,3-4,6-7,9,23H2,1H3,(H2,24,26)(H2,25,31)/t11?,17-/m1/s1. The molecule has 174 valence electrons. The molecular weight excluding hydrogens is 464 g/mol. The highest BCUT2D eigenvalue weighted by atomic mass is 35.5. The first-order chi connectivity index (χ1) is 15.8. The van der Waals surface area contributed by atoms with Crippen molar-refractivity contribution in [1.29, 1.82) is 0 Å². The van der Waals surface area contributed by atoms with Crippen LogP contribution in [0.5, 0.6) is 0 Å². The molecule has 1 spiro atoms. The molecule has 6 N–H and O–H groups in total. The van der Waals surface area contributed by atoms with E-state index in [1.165, 1.54) is 11.8 Å². The number of amides is 1. The summed E-state index contributed by atoms with van der Waals surface area (Å²) in [5.41, 5.74) is 19.0. The first-order valence-corrected chi connectivity index (χ1v) is 11.9. The highest BCUT2D eigenvalue weighted by molar-refractivity contribution is 7.99. The molecule has 2 atom stereocenters. The number of fused-ring (bicyclic) bond motifs is 1. The third kappa shape index (κ3) is 3.68. The second-order valence-electron chi connectivity index (χ2n) is 8.64. The normalized spacial score (nSPS) is 22.3. The summed E-state index contributed by atoms with van der Waals surface area (Å²) in [6, 6.07) is 3.55. The fraction of sp³-hybridized carbons (Fsp3) is 0.429. The van der Waals surface area contributed by atoms with Gasteiger partial charge < -0.3 is 26.8 Å². The Morgan fingerprint density at radius 2 is 2.12 bits per heavy atom. The molecule has 0 bridgehead atoms. The minimum atomic E-state index is -0.559. The second kappa shape index (κ2) is 8.32. The molecule has 1 unspecified atom stereocenters. The number of anilines is 2. The van der Waals surface area contributed by atoms with Crippen molar-refractivity contribution in [3.8, 4) is 0 Å². The lowest BCUT2D eigenvalue weighted by molar-refractivity contribution is 0.0974. The van der Waals surface area contributed by atoms with Crippen LogP contribution in [0.15, 0.2) is 34.4 Å². The number of primary amides is 1. The summed E-state index contributed by atoms with van der Waals surface area (Å²) >= 11 is 7.60. The maximum absolute atomic E-state index is 12.5. The Balaban J connectivity index is 1.52. The van der Waals surface area contributed by atoms with E-state index in [2.05, 4.69) is 20.1 Å². The van der Waals surface area contributed by atoms with Gasteiger partial charge in [0.05, 0.1) is 28.2 Å². The Hall–Kier alpha value is -2.60. The number of aromatic nitrogens is 4. The molecule has 5 heterocycles. The van der Waals surface area contributed by atoms with Crippen LogP contribution in [0.3, 0.4) is 0 Å².